The number of hydrogen-bond donors (Lipinski definition) is 0. The van der Waals surface area contributed by atoms with E-state index in [1.54, 1.807) is 0 Å². The summed E-state index contributed by atoms with van der Waals surface area (Å²) in [5, 5.41) is 16.1. The molecule has 0 fully saturated rings. The summed E-state index contributed by atoms with van der Waals surface area (Å²) in [5.74, 6) is 0. The van der Waals surface area contributed by atoms with Crippen molar-refractivity contribution in [2.24, 2.45) is 0 Å². The highest BCUT2D eigenvalue weighted by Gasteiger charge is 2.24. The van der Waals surface area contributed by atoms with E-state index in [0.29, 0.717) is 0 Å². The van der Waals surface area contributed by atoms with Crippen LogP contribution in [0.15, 0.2) is 232 Å². The van der Waals surface area contributed by atoms with Crippen molar-refractivity contribution in [3.05, 3.63) is 218 Å². The zero-order valence-electron chi connectivity index (χ0n) is 36.0. The van der Waals surface area contributed by atoms with Crippen LogP contribution in [0.1, 0.15) is 0 Å². The lowest BCUT2D eigenvalue weighted by molar-refractivity contribution is 0.669. The molecule has 0 spiro atoms. The molecule has 0 amide bonds. The highest BCUT2D eigenvalue weighted by atomic mass is 16.3. The van der Waals surface area contributed by atoms with Gasteiger partial charge in [-0.25, -0.2) is 0 Å². The van der Waals surface area contributed by atoms with Gasteiger partial charge in [-0.05, 0) is 78.5 Å². The van der Waals surface area contributed by atoms with Crippen LogP contribution in [0, 0.1) is 0 Å². The predicted molar refractivity (Wildman–Crippen MR) is 280 cm³/mol. The lowest BCUT2D eigenvalue weighted by Crippen LogP contribution is -1.91. The zero-order chi connectivity index (χ0) is 43.7. The van der Waals surface area contributed by atoms with Crippen LogP contribution in [0.5, 0.6) is 0 Å². The van der Waals surface area contributed by atoms with Crippen LogP contribution >= 0.6 is 0 Å². The summed E-state index contributed by atoms with van der Waals surface area (Å²) in [5.41, 5.74) is 14.4. The first kappa shape index (κ1) is 36.4. The van der Waals surface area contributed by atoms with Crippen molar-refractivity contribution in [1.82, 2.24) is 0 Å². The van der Waals surface area contributed by atoms with Gasteiger partial charge in [0.1, 0.15) is 33.5 Å². The quantitative estimate of drug-likeness (QED) is 0.166. The summed E-state index contributed by atoms with van der Waals surface area (Å²) in [6.45, 7) is 0. The SMILES string of the molecule is c1ccc2c(c1)oc1c(-c3c4ccccc4c(-c4ccc5oc6c(-c7c8ccccc8c(-c8cccc9c8oc8ccccc89)c8ccccc78)cccc6c5c4)c4ccccc34)cccc12. The molecule has 0 saturated carbocycles. The maximum Gasteiger partial charge on any atom is 0.143 e. The van der Waals surface area contributed by atoms with Gasteiger partial charge in [0.05, 0.1) is 0 Å². The predicted octanol–water partition coefficient (Wildman–Crippen LogP) is 18.7. The minimum absolute atomic E-state index is 0.856. The van der Waals surface area contributed by atoms with Crippen molar-refractivity contribution in [1.29, 1.82) is 0 Å². The molecular weight excluding hydrogens is 817 g/mol. The molecule has 12 aromatic carbocycles. The molecule has 15 rings (SSSR count). The zero-order valence-corrected chi connectivity index (χ0v) is 36.0. The number of para-hydroxylation sites is 5. The number of benzene rings is 12. The lowest BCUT2D eigenvalue weighted by Gasteiger charge is -2.18. The second-order valence-electron chi connectivity index (χ2n) is 17.7. The van der Waals surface area contributed by atoms with Crippen molar-refractivity contribution in [2.75, 3.05) is 0 Å². The highest BCUT2D eigenvalue weighted by molar-refractivity contribution is 6.28. The molecule has 3 heterocycles. The number of rotatable bonds is 4. The maximum absolute atomic E-state index is 7.03. The Balaban J connectivity index is 0.956. The van der Waals surface area contributed by atoms with E-state index < -0.39 is 0 Å². The lowest BCUT2D eigenvalue weighted by atomic mass is 9.85. The summed E-state index contributed by atoms with van der Waals surface area (Å²) >= 11 is 0. The number of fused-ring (bicyclic) bond motifs is 13. The molecule has 310 valence electrons. The first-order valence-corrected chi connectivity index (χ1v) is 22.9. The Morgan fingerprint density at radius 1 is 0.194 bits per heavy atom. The van der Waals surface area contributed by atoms with Gasteiger partial charge < -0.3 is 13.3 Å². The summed E-state index contributed by atoms with van der Waals surface area (Å²) in [6.07, 6.45) is 0. The minimum Gasteiger partial charge on any atom is -0.455 e. The topological polar surface area (TPSA) is 39.4 Å². The summed E-state index contributed by atoms with van der Waals surface area (Å²) in [7, 11) is 0. The molecule has 0 radical (unpaired) electrons. The minimum atomic E-state index is 0.856. The standard InChI is InChI=1S/C64H36O3/c1-3-20-42-40(18-1)58(41-19-2-4-21-43(41)59(42)51-29-13-26-48-38-16-9-11-32-55(38)65-62(48)51)37-34-35-57-54(36-37)50-28-15-31-53(64(50)67-57)61-46-24-7-5-22-44(46)60(45-23-6-8-25-47(45)61)52-30-14-27-49-39-17-10-12-33-56(39)66-63(49)52/h1-36H. The molecule has 3 heteroatoms. The van der Waals surface area contributed by atoms with E-state index in [-0.39, 0.29) is 0 Å². The Morgan fingerprint density at radius 2 is 0.478 bits per heavy atom. The number of furan rings is 3. The molecule has 0 bridgehead atoms. The third kappa shape index (κ3) is 5.11. The van der Waals surface area contributed by atoms with Crippen LogP contribution in [-0.4, -0.2) is 0 Å². The molecule has 0 aliphatic rings. The van der Waals surface area contributed by atoms with Crippen molar-refractivity contribution in [3.8, 4) is 44.5 Å². The van der Waals surface area contributed by atoms with Gasteiger partial charge in [0.2, 0.25) is 0 Å². The normalized spacial score (nSPS) is 12.2. The van der Waals surface area contributed by atoms with E-state index in [0.717, 1.165) is 104 Å². The van der Waals surface area contributed by atoms with Gasteiger partial charge in [-0.15, -0.1) is 0 Å². The fourth-order valence-corrected chi connectivity index (χ4v) is 11.5. The highest BCUT2D eigenvalue weighted by Crippen LogP contribution is 2.50. The molecule has 0 unspecified atom stereocenters. The fraction of sp³-hybridized carbons (Fsp3) is 0. The number of hydrogen-bond acceptors (Lipinski definition) is 3. The van der Waals surface area contributed by atoms with Gasteiger partial charge in [0, 0.05) is 65.7 Å². The Bertz CT molecular complexity index is 4460. The van der Waals surface area contributed by atoms with E-state index in [1.165, 1.54) is 49.0 Å². The first-order chi connectivity index (χ1) is 33.3. The fourth-order valence-electron chi connectivity index (χ4n) is 11.5. The largest absolute Gasteiger partial charge is 0.455 e. The Kier molecular flexibility index (Phi) is 7.50. The summed E-state index contributed by atoms with van der Waals surface area (Å²) < 4.78 is 20.3. The smallest absolute Gasteiger partial charge is 0.143 e. The van der Waals surface area contributed by atoms with Crippen molar-refractivity contribution < 1.29 is 13.3 Å². The molecule has 3 aromatic heterocycles. The van der Waals surface area contributed by atoms with E-state index >= 15 is 0 Å². The Hall–Kier alpha value is -8.92. The third-order valence-corrected chi connectivity index (χ3v) is 14.3. The molecule has 0 N–H and O–H groups in total. The van der Waals surface area contributed by atoms with Gasteiger partial charge in [0.25, 0.3) is 0 Å². The van der Waals surface area contributed by atoms with Gasteiger partial charge in [-0.1, -0.05) is 194 Å². The van der Waals surface area contributed by atoms with Crippen molar-refractivity contribution >= 4 is 109 Å². The Labute approximate surface area is 383 Å². The van der Waals surface area contributed by atoms with E-state index in [2.05, 4.69) is 206 Å². The van der Waals surface area contributed by atoms with Gasteiger partial charge in [-0.2, -0.15) is 0 Å². The summed E-state index contributed by atoms with van der Waals surface area (Å²) in [6, 6.07) is 78.3. The van der Waals surface area contributed by atoms with E-state index in [9.17, 15) is 0 Å². The Morgan fingerprint density at radius 3 is 0.851 bits per heavy atom. The van der Waals surface area contributed by atoms with Gasteiger partial charge >= 0.3 is 0 Å². The first-order valence-electron chi connectivity index (χ1n) is 22.9. The molecule has 0 atom stereocenters. The van der Waals surface area contributed by atoms with Crippen molar-refractivity contribution in [2.45, 2.75) is 0 Å². The van der Waals surface area contributed by atoms with E-state index in [4.69, 9.17) is 13.3 Å². The monoisotopic (exact) mass is 852 g/mol. The molecule has 3 nitrogen and oxygen atoms in total. The average Bonchev–Trinajstić information content (AvgIpc) is 4.09. The second kappa shape index (κ2) is 13.8. The van der Waals surface area contributed by atoms with Crippen LogP contribution in [0.4, 0.5) is 0 Å². The molecule has 0 aliphatic heterocycles. The van der Waals surface area contributed by atoms with Crippen LogP contribution < -0.4 is 0 Å². The third-order valence-electron chi connectivity index (χ3n) is 14.3. The average molecular weight is 853 g/mol. The molecular formula is C64H36O3. The summed E-state index contributed by atoms with van der Waals surface area (Å²) in [4.78, 5) is 0. The second-order valence-corrected chi connectivity index (χ2v) is 17.7. The van der Waals surface area contributed by atoms with Crippen LogP contribution in [-0.2, 0) is 0 Å². The maximum atomic E-state index is 7.03. The van der Waals surface area contributed by atoms with Gasteiger partial charge in [0.15, 0.2) is 0 Å². The molecule has 67 heavy (non-hydrogen) atoms. The van der Waals surface area contributed by atoms with Crippen LogP contribution in [0.2, 0.25) is 0 Å². The van der Waals surface area contributed by atoms with Gasteiger partial charge in [-0.3, -0.25) is 0 Å². The van der Waals surface area contributed by atoms with E-state index in [1.807, 2.05) is 12.1 Å². The van der Waals surface area contributed by atoms with Crippen LogP contribution in [0.3, 0.4) is 0 Å². The molecule has 15 aromatic rings. The van der Waals surface area contributed by atoms with Crippen molar-refractivity contribution in [3.63, 3.8) is 0 Å². The molecule has 0 aliphatic carbocycles. The van der Waals surface area contributed by atoms with Crippen LogP contribution in [0.25, 0.3) is 153 Å². The molecule has 0 saturated heterocycles.